The summed E-state index contributed by atoms with van der Waals surface area (Å²) in [5.74, 6) is -0.0889. The maximum atomic E-state index is 12.9. The maximum Gasteiger partial charge on any atom is 0.319 e. The van der Waals surface area contributed by atoms with Crippen LogP contribution in [-0.2, 0) is 6.54 Å². The van der Waals surface area contributed by atoms with Gasteiger partial charge in [0.15, 0.2) is 0 Å². The zero-order valence-electron chi connectivity index (χ0n) is 17.2. The number of urea groups is 1. The highest BCUT2D eigenvalue weighted by Crippen LogP contribution is 2.24. The zero-order chi connectivity index (χ0) is 20.6. The average Bonchev–Trinajstić information content (AvgIpc) is 2.73. The molecule has 6 heteroatoms. The molecule has 0 spiro atoms. The summed E-state index contributed by atoms with van der Waals surface area (Å²) in [5, 5.41) is 8.83. The number of hydrogen-bond donors (Lipinski definition) is 3. The van der Waals surface area contributed by atoms with Crippen LogP contribution in [-0.4, -0.2) is 32.1 Å². The molecule has 154 valence electrons. The molecule has 0 aromatic heterocycles. The molecule has 0 saturated heterocycles. The Morgan fingerprint density at radius 1 is 1.00 bits per heavy atom. The molecule has 2 aromatic rings. The summed E-state index contributed by atoms with van der Waals surface area (Å²) < 4.78 is 0. The number of rotatable bonds is 6. The SMILES string of the molecule is CN(C)c1ccc(NC(=O)NCc2ccccc2)cc1C(=O)NC1CCCCC1. The number of hydrogen-bond acceptors (Lipinski definition) is 3. The first-order valence-corrected chi connectivity index (χ1v) is 10.2. The molecule has 0 aliphatic heterocycles. The molecule has 29 heavy (non-hydrogen) atoms. The van der Waals surface area contributed by atoms with Gasteiger partial charge in [-0.1, -0.05) is 49.6 Å². The van der Waals surface area contributed by atoms with Crippen LogP contribution >= 0.6 is 0 Å². The fourth-order valence-corrected chi connectivity index (χ4v) is 3.65. The van der Waals surface area contributed by atoms with E-state index in [-0.39, 0.29) is 18.0 Å². The normalized spacial score (nSPS) is 14.1. The number of carbonyl (C=O) groups excluding carboxylic acids is 2. The van der Waals surface area contributed by atoms with E-state index in [0.29, 0.717) is 17.8 Å². The van der Waals surface area contributed by atoms with Gasteiger partial charge in [0, 0.05) is 38.1 Å². The Morgan fingerprint density at radius 3 is 2.41 bits per heavy atom. The van der Waals surface area contributed by atoms with E-state index in [1.165, 1.54) is 6.42 Å². The minimum atomic E-state index is -0.301. The lowest BCUT2D eigenvalue weighted by Gasteiger charge is -2.24. The van der Waals surface area contributed by atoms with Crippen LogP contribution in [0.1, 0.15) is 48.0 Å². The van der Waals surface area contributed by atoms with Crippen LogP contribution in [0.25, 0.3) is 0 Å². The van der Waals surface area contributed by atoms with Gasteiger partial charge < -0.3 is 20.9 Å². The lowest BCUT2D eigenvalue weighted by Crippen LogP contribution is -2.37. The van der Waals surface area contributed by atoms with Crippen molar-refractivity contribution in [3.8, 4) is 0 Å². The zero-order valence-corrected chi connectivity index (χ0v) is 17.2. The van der Waals surface area contributed by atoms with Gasteiger partial charge in [0.05, 0.1) is 5.56 Å². The fourth-order valence-electron chi connectivity index (χ4n) is 3.65. The molecule has 0 unspecified atom stereocenters. The second-order valence-electron chi connectivity index (χ2n) is 7.73. The highest BCUT2D eigenvalue weighted by Gasteiger charge is 2.20. The van der Waals surface area contributed by atoms with Gasteiger partial charge >= 0.3 is 6.03 Å². The Morgan fingerprint density at radius 2 is 1.72 bits per heavy atom. The molecule has 0 bridgehead atoms. The van der Waals surface area contributed by atoms with Crippen LogP contribution in [0.3, 0.4) is 0 Å². The Kier molecular flexibility index (Phi) is 7.11. The molecule has 3 rings (SSSR count). The third kappa shape index (κ3) is 5.98. The number of amides is 3. The van der Waals surface area contributed by atoms with Crippen molar-refractivity contribution in [2.24, 2.45) is 0 Å². The number of carbonyl (C=O) groups is 2. The van der Waals surface area contributed by atoms with Gasteiger partial charge in [-0.2, -0.15) is 0 Å². The Labute approximate surface area is 172 Å². The molecular weight excluding hydrogens is 364 g/mol. The minimum absolute atomic E-state index is 0.0889. The summed E-state index contributed by atoms with van der Waals surface area (Å²) in [7, 11) is 3.82. The van der Waals surface area contributed by atoms with Crippen molar-refractivity contribution in [3.05, 3.63) is 59.7 Å². The lowest BCUT2D eigenvalue weighted by molar-refractivity contribution is 0.0928. The Bertz CT molecular complexity index is 830. The van der Waals surface area contributed by atoms with Crippen LogP contribution in [0.4, 0.5) is 16.2 Å². The number of nitrogens with one attached hydrogen (secondary N) is 3. The molecule has 1 saturated carbocycles. The molecule has 0 heterocycles. The van der Waals surface area contributed by atoms with Crippen molar-refractivity contribution in [2.75, 3.05) is 24.3 Å². The van der Waals surface area contributed by atoms with Crippen molar-refractivity contribution in [1.29, 1.82) is 0 Å². The van der Waals surface area contributed by atoms with Crippen molar-refractivity contribution in [3.63, 3.8) is 0 Å². The fraction of sp³-hybridized carbons (Fsp3) is 0.391. The van der Waals surface area contributed by atoms with E-state index >= 15 is 0 Å². The summed E-state index contributed by atoms with van der Waals surface area (Å²) in [6, 6.07) is 15.1. The molecule has 3 amide bonds. The molecule has 2 aromatic carbocycles. The second kappa shape index (κ2) is 9.96. The van der Waals surface area contributed by atoms with E-state index < -0.39 is 0 Å². The highest BCUT2D eigenvalue weighted by molar-refractivity contribution is 6.02. The van der Waals surface area contributed by atoms with Gasteiger partial charge in [-0.05, 0) is 36.6 Å². The molecule has 3 N–H and O–H groups in total. The van der Waals surface area contributed by atoms with E-state index in [1.54, 1.807) is 6.07 Å². The molecule has 1 aliphatic rings. The van der Waals surface area contributed by atoms with Crippen molar-refractivity contribution in [1.82, 2.24) is 10.6 Å². The molecule has 1 aliphatic carbocycles. The highest BCUT2D eigenvalue weighted by atomic mass is 16.2. The van der Waals surface area contributed by atoms with Gasteiger partial charge in [-0.25, -0.2) is 4.79 Å². The predicted molar refractivity (Wildman–Crippen MR) is 117 cm³/mol. The van der Waals surface area contributed by atoms with Gasteiger partial charge in [0.25, 0.3) is 5.91 Å². The number of nitrogens with zero attached hydrogens (tertiary/aromatic N) is 1. The van der Waals surface area contributed by atoms with E-state index in [4.69, 9.17) is 0 Å². The second-order valence-corrected chi connectivity index (χ2v) is 7.73. The van der Waals surface area contributed by atoms with Crippen molar-refractivity contribution in [2.45, 2.75) is 44.7 Å². The summed E-state index contributed by atoms with van der Waals surface area (Å²) in [6.45, 7) is 0.442. The topological polar surface area (TPSA) is 73.5 Å². The first-order chi connectivity index (χ1) is 14.0. The number of benzene rings is 2. The quantitative estimate of drug-likeness (QED) is 0.689. The number of anilines is 2. The Hall–Kier alpha value is -3.02. The van der Waals surface area contributed by atoms with Gasteiger partial charge in [0.1, 0.15) is 0 Å². The van der Waals surface area contributed by atoms with Crippen LogP contribution in [0.15, 0.2) is 48.5 Å². The first kappa shape index (κ1) is 20.7. The summed E-state index contributed by atoms with van der Waals surface area (Å²) in [4.78, 5) is 27.1. The van der Waals surface area contributed by atoms with E-state index in [0.717, 1.165) is 36.9 Å². The largest absolute Gasteiger partial charge is 0.377 e. The van der Waals surface area contributed by atoms with Crippen LogP contribution in [0.2, 0.25) is 0 Å². The third-order valence-corrected chi connectivity index (χ3v) is 5.22. The minimum Gasteiger partial charge on any atom is -0.377 e. The first-order valence-electron chi connectivity index (χ1n) is 10.2. The molecule has 0 radical (unpaired) electrons. The molecular formula is C23H30N4O2. The molecule has 1 fully saturated rings. The van der Waals surface area contributed by atoms with Crippen LogP contribution in [0.5, 0.6) is 0 Å². The summed E-state index contributed by atoms with van der Waals surface area (Å²) >= 11 is 0. The van der Waals surface area contributed by atoms with Crippen LogP contribution in [0, 0.1) is 0 Å². The smallest absolute Gasteiger partial charge is 0.319 e. The summed E-state index contributed by atoms with van der Waals surface area (Å²) in [5.41, 5.74) is 3.02. The van der Waals surface area contributed by atoms with Gasteiger partial charge in [-0.15, -0.1) is 0 Å². The van der Waals surface area contributed by atoms with E-state index in [2.05, 4.69) is 16.0 Å². The van der Waals surface area contributed by atoms with Gasteiger partial charge in [0.2, 0.25) is 0 Å². The summed E-state index contributed by atoms with van der Waals surface area (Å²) in [6.07, 6.45) is 5.63. The van der Waals surface area contributed by atoms with E-state index in [1.807, 2.05) is 61.5 Å². The third-order valence-electron chi connectivity index (χ3n) is 5.22. The van der Waals surface area contributed by atoms with Crippen LogP contribution < -0.4 is 20.9 Å². The Balaban J connectivity index is 1.66. The maximum absolute atomic E-state index is 12.9. The average molecular weight is 395 g/mol. The predicted octanol–water partition coefficient (Wildman–Crippen LogP) is 4.14. The standard InChI is InChI=1S/C23H30N4O2/c1-27(2)21-14-13-19(26-23(29)24-16-17-9-5-3-6-10-17)15-20(21)22(28)25-18-11-7-4-8-12-18/h3,5-6,9-10,13-15,18H,4,7-8,11-12,16H2,1-2H3,(H,25,28)(H2,24,26,29). The van der Waals surface area contributed by atoms with E-state index in [9.17, 15) is 9.59 Å². The van der Waals surface area contributed by atoms with Crippen molar-refractivity contribution < 1.29 is 9.59 Å². The molecule has 6 nitrogen and oxygen atoms in total. The monoisotopic (exact) mass is 394 g/mol. The van der Waals surface area contributed by atoms with Crippen molar-refractivity contribution >= 4 is 23.3 Å². The lowest BCUT2D eigenvalue weighted by atomic mass is 9.95. The van der Waals surface area contributed by atoms with Gasteiger partial charge in [-0.3, -0.25) is 4.79 Å². The molecule has 0 atom stereocenters.